The van der Waals surface area contributed by atoms with Crippen LogP contribution in [0.1, 0.15) is 32.1 Å². The second-order valence-corrected chi connectivity index (χ2v) is 5.62. The topological polar surface area (TPSA) is 182 Å². The van der Waals surface area contributed by atoms with Crippen LogP contribution in [-0.4, -0.2) is 44.2 Å². The number of hydrogen-bond donors (Lipinski definition) is 3. The Morgan fingerprint density at radius 2 is 1.46 bits per heavy atom. The number of nitro groups is 3. The Kier molecular flexibility index (Phi) is 8.31. The molecule has 144 valence electrons. The molecular formula is C14H20N4O8. The molecule has 0 aromatic heterocycles. The standard InChI is InChI=1S/C8H17NO.C6H3N3O7/c10-7-6-9-8-4-2-1-3-5-8;10-6-4(8(13)14)1-3(7(11)12)2-5(6)9(15)16/h8-10H,1-7H2;1-2,10H. The van der Waals surface area contributed by atoms with Gasteiger partial charge in [-0.3, -0.25) is 30.3 Å². The first-order valence-corrected chi connectivity index (χ1v) is 7.92. The van der Waals surface area contributed by atoms with Crippen LogP contribution >= 0.6 is 0 Å². The van der Waals surface area contributed by atoms with Gasteiger partial charge < -0.3 is 15.5 Å². The van der Waals surface area contributed by atoms with E-state index in [4.69, 9.17) is 10.2 Å². The van der Waals surface area contributed by atoms with Gasteiger partial charge in [0, 0.05) is 12.6 Å². The maximum absolute atomic E-state index is 10.4. The monoisotopic (exact) mass is 372 g/mol. The van der Waals surface area contributed by atoms with Crippen LogP contribution in [0, 0.1) is 30.3 Å². The number of phenols is 1. The largest absolute Gasteiger partial charge is 0.497 e. The lowest BCUT2D eigenvalue weighted by atomic mass is 9.96. The van der Waals surface area contributed by atoms with Crippen molar-refractivity contribution >= 4 is 17.1 Å². The molecule has 0 aliphatic heterocycles. The van der Waals surface area contributed by atoms with Gasteiger partial charge in [-0.2, -0.15) is 0 Å². The summed E-state index contributed by atoms with van der Waals surface area (Å²) in [5.74, 6) is -1.21. The summed E-state index contributed by atoms with van der Waals surface area (Å²) in [4.78, 5) is 27.8. The molecule has 0 saturated heterocycles. The van der Waals surface area contributed by atoms with Crippen LogP contribution < -0.4 is 5.32 Å². The highest BCUT2D eigenvalue weighted by Crippen LogP contribution is 2.38. The van der Waals surface area contributed by atoms with Crippen molar-refractivity contribution in [1.82, 2.24) is 5.32 Å². The molecule has 0 spiro atoms. The van der Waals surface area contributed by atoms with Crippen molar-refractivity contribution in [2.75, 3.05) is 13.2 Å². The van der Waals surface area contributed by atoms with E-state index in [1.165, 1.54) is 32.1 Å². The highest BCUT2D eigenvalue weighted by atomic mass is 16.6. The van der Waals surface area contributed by atoms with Crippen molar-refractivity contribution in [3.8, 4) is 5.75 Å². The number of non-ortho nitro benzene ring substituents is 1. The smallest absolute Gasteiger partial charge is 0.324 e. The van der Waals surface area contributed by atoms with E-state index in [1.807, 2.05) is 0 Å². The van der Waals surface area contributed by atoms with E-state index in [0.29, 0.717) is 18.2 Å². The second kappa shape index (κ2) is 10.2. The van der Waals surface area contributed by atoms with Crippen LogP contribution in [0.3, 0.4) is 0 Å². The van der Waals surface area contributed by atoms with Gasteiger partial charge in [0.25, 0.3) is 11.4 Å². The molecule has 2 rings (SSSR count). The Balaban J connectivity index is 0.000000289. The predicted octanol–water partition coefficient (Wildman–Crippen LogP) is 2.02. The number of aliphatic hydroxyl groups is 1. The lowest BCUT2D eigenvalue weighted by Crippen LogP contribution is -2.32. The number of nitro benzene ring substituents is 3. The molecule has 1 fully saturated rings. The van der Waals surface area contributed by atoms with Crippen molar-refractivity contribution in [1.29, 1.82) is 0 Å². The fourth-order valence-electron chi connectivity index (χ4n) is 2.55. The van der Waals surface area contributed by atoms with Crippen LogP contribution in [-0.2, 0) is 0 Å². The summed E-state index contributed by atoms with van der Waals surface area (Å²) >= 11 is 0. The van der Waals surface area contributed by atoms with Gasteiger partial charge in [0.2, 0.25) is 0 Å². The molecule has 12 nitrogen and oxygen atoms in total. The molecule has 1 aliphatic carbocycles. The predicted molar refractivity (Wildman–Crippen MR) is 90.0 cm³/mol. The number of benzene rings is 1. The third kappa shape index (κ3) is 6.22. The molecule has 0 radical (unpaired) electrons. The zero-order valence-corrected chi connectivity index (χ0v) is 13.9. The number of hydrogen-bond acceptors (Lipinski definition) is 9. The Hall–Kier alpha value is -2.86. The molecule has 0 amide bonds. The number of phenolic OH excluding ortho intramolecular Hbond substituents is 1. The van der Waals surface area contributed by atoms with Crippen LogP contribution in [0.5, 0.6) is 5.75 Å². The van der Waals surface area contributed by atoms with Crippen molar-refractivity contribution in [3.63, 3.8) is 0 Å². The fourth-order valence-corrected chi connectivity index (χ4v) is 2.55. The number of rotatable bonds is 6. The SMILES string of the molecule is O=[N+]([O-])c1cc([N+](=O)[O-])c(O)c([N+](=O)[O-])c1.OCCNC1CCCCC1. The number of nitrogens with one attached hydrogen (secondary N) is 1. The molecule has 1 aromatic carbocycles. The van der Waals surface area contributed by atoms with Gasteiger partial charge in [-0.25, -0.2) is 0 Å². The van der Waals surface area contributed by atoms with E-state index < -0.39 is 37.6 Å². The number of aromatic hydroxyl groups is 1. The van der Waals surface area contributed by atoms with Gasteiger partial charge >= 0.3 is 11.4 Å². The van der Waals surface area contributed by atoms with Crippen LogP contribution in [0.2, 0.25) is 0 Å². The van der Waals surface area contributed by atoms with Crippen molar-refractivity contribution in [2.24, 2.45) is 0 Å². The molecule has 0 bridgehead atoms. The molecule has 26 heavy (non-hydrogen) atoms. The lowest BCUT2D eigenvalue weighted by Gasteiger charge is -2.22. The molecule has 1 saturated carbocycles. The van der Waals surface area contributed by atoms with Crippen LogP contribution in [0.15, 0.2) is 12.1 Å². The molecule has 0 unspecified atom stereocenters. The zero-order chi connectivity index (χ0) is 19.7. The second-order valence-electron chi connectivity index (χ2n) is 5.62. The van der Waals surface area contributed by atoms with E-state index in [0.717, 1.165) is 6.54 Å². The van der Waals surface area contributed by atoms with E-state index in [9.17, 15) is 30.3 Å². The molecule has 3 N–H and O–H groups in total. The quantitative estimate of drug-likeness (QED) is 0.496. The zero-order valence-electron chi connectivity index (χ0n) is 13.9. The summed E-state index contributed by atoms with van der Waals surface area (Å²) in [6.07, 6.45) is 6.74. The Morgan fingerprint density at radius 1 is 0.962 bits per heavy atom. The lowest BCUT2D eigenvalue weighted by molar-refractivity contribution is -0.404. The minimum absolute atomic E-state index is 0.274. The molecule has 1 aliphatic rings. The minimum Gasteiger partial charge on any atom is -0.497 e. The van der Waals surface area contributed by atoms with Crippen LogP contribution in [0.4, 0.5) is 17.1 Å². The Bertz CT molecular complexity index is 625. The minimum atomic E-state index is -1.21. The summed E-state index contributed by atoms with van der Waals surface area (Å²) < 4.78 is 0. The third-order valence-electron chi connectivity index (χ3n) is 3.81. The molecule has 0 atom stereocenters. The summed E-state index contributed by atoms with van der Waals surface area (Å²) in [5, 5.41) is 52.1. The summed E-state index contributed by atoms with van der Waals surface area (Å²) in [7, 11) is 0. The Morgan fingerprint density at radius 3 is 1.85 bits per heavy atom. The fraction of sp³-hybridized carbons (Fsp3) is 0.571. The van der Waals surface area contributed by atoms with E-state index in [-0.39, 0.29) is 6.61 Å². The van der Waals surface area contributed by atoms with E-state index in [2.05, 4.69) is 5.32 Å². The highest BCUT2D eigenvalue weighted by Gasteiger charge is 2.30. The molecule has 0 heterocycles. The van der Waals surface area contributed by atoms with Gasteiger partial charge in [-0.05, 0) is 12.8 Å². The highest BCUT2D eigenvalue weighted by molar-refractivity contribution is 5.64. The third-order valence-corrected chi connectivity index (χ3v) is 3.81. The van der Waals surface area contributed by atoms with Crippen molar-refractivity contribution < 1.29 is 25.0 Å². The van der Waals surface area contributed by atoms with Gasteiger partial charge in [-0.15, -0.1) is 0 Å². The number of nitrogens with zero attached hydrogens (tertiary/aromatic N) is 3. The first-order chi connectivity index (χ1) is 12.3. The van der Waals surface area contributed by atoms with Crippen molar-refractivity contribution in [3.05, 3.63) is 42.5 Å². The molecule has 12 heteroatoms. The maximum atomic E-state index is 10.4. The Labute approximate surface area is 147 Å². The first-order valence-electron chi connectivity index (χ1n) is 7.92. The molecule has 1 aromatic rings. The average molecular weight is 372 g/mol. The first kappa shape index (κ1) is 21.2. The van der Waals surface area contributed by atoms with E-state index in [1.54, 1.807) is 0 Å². The maximum Gasteiger partial charge on any atom is 0.324 e. The van der Waals surface area contributed by atoms with Gasteiger partial charge in [0.15, 0.2) is 0 Å². The summed E-state index contributed by atoms with van der Waals surface area (Å²) in [5.41, 5.74) is -3.00. The average Bonchev–Trinajstić information content (AvgIpc) is 2.60. The summed E-state index contributed by atoms with van der Waals surface area (Å²) in [6, 6.07) is 1.59. The van der Waals surface area contributed by atoms with Crippen molar-refractivity contribution in [2.45, 2.75) is 38.1 Å². The normalized spacial score (nSPS) is 14.2. The molecular weight excluding hydrogens is 352 g/mol. The van der Waals surface area contributed by atoms with E-state index >= 15 is 0 Å². The van der Waals surface area contributed by atoms with Gasteiger partial charge in [0.05, 0.1) is 33.5 Å². The number of aliphatic hydroxyl groups excluding tert-OH is 1. The van der Waals surface area contributed by atoms with Gasteiger partial charge in [0.1, 0.15) is 0 Å². The van der Waals surface area contributed by atoms with Gasteiger partial charge in [-0.1, -0.05) is 19.3 Å². The summed E-state index contributed by atoms with van der Waals surface area (Å²) in [6.45, 7) is 1.04. The van der Waals surface area contributed by atoms with Crippen LogP contribution in [0.25, 0.3) is 0 Å².